The lowest BCUT2D eigenvalue weighted by Gasteiger charge is -2.69. The van der Waals surface area contributed by atoms with E-state index in [1.807, 2.05) is 5.92 Å². The van der Waals surface area contributed by atoms with Gasteiger partial charge in [-0.25, -0.2) is 0 Å². The summed E-state index contributed by atoms with van der Waals surface area (Å²) in [5.74, 6) is 10.4. The van der Waals surface area contributed by atoms with Gasteiger partial charge in [-0.1, -0.05) is 0 Å². The molecule has 7 fully saturated rings. The molecule has 75 valence electrons. The van der Waals surface area contributed by atoms with Crippen LogP contribution in [0.5, 0.6) is 0 Å². The van der Waals surface area contributed by atoms with E-state index in [-0.39, 0.29) is 0 Å². The summed E-state index contributed by atoms with van der Waals surface area (Å²) in [6.07, 6.45) is 9.64. The predicted octanol–water partition coefficient (Wildman–Crippen LogP) is 3.28. The smallest absolute Gasteiger partial charge is 0.0232 e. The van der Waals surface area contributed by atoms with Crippen LogP contribution in [0.15, 0.2) is 0 Å². The number of rotatable bonds is 0. The first kappa shape index (κ1) is 7.30. The van der Waals surface area contributed by atoms with E-state index in [0.29, 0.717) is 0 Å². The summed E-state index contributed by atoms with van der Waals surface area (Å²) >= 11 is 0. The molecule has 0 unspecified atom stereocenters. The van der Waals surface area contributed by atoms with E-state index in [9.17, 15) is 0 Å². The maximum atomic E-state index is 1.99. The average Bonchev–Trinajstić information content (AvgIpc) is 2.24. The van der Waals surface area contributed by atoms with E-state index in [4.69, 9.17) is 0 Å². The van der Waals surface area contributed by atoms with Crippen LogP contribution in [-0.2, 0) is 0 Å². The first-order valence-corrected chi connectivity index (χ1v) is 6.73. The largest absolute Gasteiger partial charge is 0.0470 e. The Kier molecular flexibility index (Phi) is 1.08. The van der Waals surface area contributed by atoms with Crippen molar-refractivity contribution in [3.05, 3.63) is 5.92 Å². The van der Waals surface area contributed by atoms with Crippen molar-refractivity contribution in [3.8, 4) is 0 Å². The van der Waals surface area contributed by atoms with Crippen LogP contribution in [0, 0.1) is 47.3 Å². The lowest BCUT2D eigenvalue weighted by atomic mass is 9.36. The Labute approximate surface area is 86.5 Å². The lowest BCUT2D eigenvalue weighted by Crippen LogP contribution is -2.61. The van der Waals surface area contributed by atoms with E-state index in [2.05, 4.69) is 0 Å². The summed E-state index contributed by atoms with van der Waals surface area (Å²) in [5, 5.41) is 0. The van der Waals surface area contributed by atoms with Crippen LogP contribution >= 0.6 is 0 Å². The molecule has 0 aromatic carbocycles. The molecule has 8 bridgehead atoms. The fourth-order valence-corrected chi connectivity index (χ4v) is 6.56. The highest BCUT2D eigenvalue weighted by molar-refractivity contribution is 5.20. The Morgan fingerprint density at radius 1 is 0.571 bits per heavy atom. The van der Waals surface area contributed by atoms with Crippen LogP contribution in [-0.4, -0.2) is 0 Å². The molecule has 1 radical (unpaired) electrons. The van der Waals surface area contributed by atoms with Crippen LogP contribution < -0.4 is 0 Å². The van der Waals surface area contributed by atoms with Crippen molar-refractivity contribution < 1.29 is 0 Å². The Bertz CT molecular complexity index is 205. The van der Waals surface area contributed by atoms with Gasteiger partial charge in [0, 0.05) is 0 Å². The lowest BCUT2D eigenvalue weighted by molar-refractivity contribution is -0.172. The van der Waals surface area contributed by atoms with Crippen LogP contribution in [0.25, 0.3) is 0 Å². The van der Waals surface area contributed by atoms with Gasteiger partial charge in [-0.05, 0) is 85.9 Å². The van der Waals surface area contributed by atoms with E-state index in [1.165, 1.54) is 41.4 Å². The van der Waals surface area contributed by atoms with Crippen LogP contribution in [0.1, 0.15) is 38.5 Å². The fourth-order valence-electron chi connectivity index (χ4n) is 6.56. The number of hydrogen-bond donors (Lipinski definition) is 0. The zero-order chi connectivity index (χ0) is 8.86. The van der Waals surface area contributed by atoms with Crippen molar-refractivity contribution in [1.29, 1.82) is 0 Å². The quantitative estimate of drug-likeness (QED) is 0.546. The van der Waals surface area contributed by atoms with Crippen LogP contribution in [0.3, 0.4) is 0 Å². The second-order valence-corrected chi connectivity index (χ2v) is 6.92. The summed E-state index contributed by atoms with van der Waals surface area (Å²) < 4.78 is 0. The molecule has 7 saturated carbocycles. The summed E-state index contributed by atoms with van der Waals surface area (Å²) in [6.45, 7) is 0. The minimum Gasteiger partial charge on any atom is -0.0470 e. The zero-order valence-corrected chi connectivity index (χ0v) is 8.78. The maximum absolute atomic E-state index is 1.99. The summed E-state index contributed by atoms with van der Waals surface area (Å²) in [4.78, 5) is 0. The first-order valence-electron chi connectivity index (χ1n) is 6.73. The van der Waals surface area contributed by atoms with Crippen molar-refractivity contribution in [2.45, 2.75) is 38.5 Å². The second-order valence-electron chi connectivity index (χ2n) is 6.92. The molecule has 0 heterocycles. The molecule has 7 aliphatic rings. The molecular formula is C14H19. The minimum absolute atomic E-state index is 1.18. The van der Waals surface area contributed by atoms with Crippen molar-refractivity contribution in [3.63, 3.8) is 0 Å². The van der Waals surface area contributed by atoms with Gasteiger partial charge >= 0.3 is 0 Å². The predicted molar refractivity (Wildman–Crippen MR) is 55.4 cm³/mol. The van der Waals surface area contributed by atoms with Gasteiger partial charge in [0.1, 0.15) is 0 Å². The number of hydrogen-bond acceptors (Lipinski definition) is 0. The Hall–Kier alpha value is 0. The van der Waals surface area contributed by atoms with E-state index in [0.717, 1.165) is 0 Å². The van der Waals surface area contributed by atoms with Gasteiger partial charge in [-0.2, -0.15) is 0 Å². The van der Waals surface area contributed by atoms with Crippen LogP contribution in [0.4, 0.5) is 0 Å². The van der Waals surface area contributed by atoms with Crippen LogP contribution in [0.2, 0.25) is 0 Å². The molecule has 0 saturated heterocycles. The Balaban J connectivity index is 1.70. The molecule has 0 heteroatoms. The molecule has 0 atom stereocenters. The van der Waals surface area contributed by atoms with E-state index < -0.39 is 0 Å². The molecule has 0 nitrogen and oxygen atoms in total. The first-order chi connectivity index (χ1) is 6.90. The normalized spacial score (nSPS) is 68.1. The van der Waals surface area contributed by atoms with Crippen molar-refractivity contribution in [1.82, 2.24) is 0 Å². The maximum Gasteiger partial charge on any atom is -0.0232 e. The highest BCUT2D eigenvalue weighted by Crippen LogP contribution is 2.71. The van der Waals surface area contributed by atoms with E-state index >= 15 is 0 Å². The molecule has 0 aliphatic heterocycles. The van der Waals surface area contributed by atoms with Gasteiger partial charge in [0.05, 0.1) is 0 Å². The zero-order valence-electron chi connectivity index (χ0n) is 8.78. The van der Waals surface area contributed by atoms with E-state index in [1.54, 1.807) is 38.5 Å². The SMILES string of the molecule is C1[C]2CC3C4CC5CC(C14)C(C2)C3C5. The topological polar surface area (TPSA) is 0 Å². The standard InChI is InChI=1S/C14H19/c1-7-2-12-10-4-8-5-11(9(1)10)13(3-7)14(12)6-8/h7,9-14H,1-6H2. The third kappa shape index (κ3) is 0.630. The second kappa shape index (κ2) is 2.08. The molecular weight excluding hydrogens is 168 g/mol. The van der Waals surface area contributed by atoms with Gasteiger partial charge < -0.3 is 0 Å². The molecule has 0 amide bonds. The molecule has 0 aromatic heterocycles. The molecule has 0 N–H and O–H groups in total. The summed E-state index contributed by atoms with van der Waals surface area (Å²) in [6, 6.07) is 0. The summed E-state index contributed by atoms with van der Waals surface area (Å²) in [5.41, 5.74) is 0. The fraction of sp³-hybridized carbons (Fsp3) is 0.929. The molecule has 14 heavy (non-hydrogen) atoms. The van der Waals surface area contributed by atoms with Crippen molar-refractivity contribution in [2.75, 3.05) is 0 Å². The third-order valence-corrected chi connectivity index (χ3v) is 6.69. The van der Waals surface area contributed by atoms with Gasteiger partial charge in [0.2, 0.25) is 0 Å². The summed E-state index contributed by atoms with van der Waals surface area (Å²) in [7, 11) is 0. The van der Waals surface area contributed by atoms with Gasteiger partial charge in [-0.3, -0.25) is 0 Å². The molecule has 7 aliphatic carbocycles. The van der Waals surface area contributed by atoms with Gasteiger partial charge in [-0.15, -0.1) is 0 Å². The Morgan fingerprint density at radius 3 is 1.43 bits per heavy atom. The van der Waals surface area contributed by atoms with Crippen molar-refractivity contribution in [2.24, 2.45) is 41.4 Å². The Morgan fingerprint density at radius 2 is 1.00 bits per heavy atom. The highest BCUT2D eigenvalue weighted by atomic mass is 14.7. The molecule has 7 rings (SSSR count). The monoisotopic (exact) mass is 187 g/mol. The third-order valence-electron chi connectivity index (χ3n) is 6.69. The minimum atomic E-state index is 1.18. The van der Waals surface area contributed by atoms with Gasteiger partial charge in [0.25, 0.3) is 0 Å². The van der Waals surface area contributed by atoms with Crippen molar-refractivity contribution >= 4 is 0 Å². The highest BCUT2D eigenvalue weighted by Gasteiger charge is 2.63. The molecule has 0 spiro atoms. The van der Waals surface area contributed by atoms with Gasteiger partial charge in [0.15, 0.2) is 0 Å². The molecule has 0 aromatic rings. The average molecular weight is 187 g/mol.